The number of alkyl halides is 3. The van der Waals surface area contributed by atoms with Gasteiger partial charge in [0.15, 0.2) is 0 Å². The van der Waals surface area contributed by atoms with E-state index in [-0.39, 0.29) is 23.7 Å². The number of H-pyrrole nitrogens is 1. The summed E-state index contributed by atoms with van der Waals surface area (Å²) in [7, 11) is 0. The van der Waals surface area contributed by atoms with E-state index >= 15 is 0 Å². The van der Waals surface area contributed by atoms with Crippen LogP contribution in [0, 0.1) is 5.82 Å². The van der Waals surface area contributed by atoms with Gasteiger partial charge in [-0.15, -0.1) is 0 Å². The molecule has 0 fully saturated rings. The van der Waals surface area contributed by atoms with Gasteiger partial charge in [-0.2, -0.15) is 18.3 Å². The molecule has 0 saturated heterocycles. The normalized spacial score (nSPS) is 14.8. The third kappa shape index (κ3) is 4.80. The molecule has 0 radical (unpaired) electrons. The Morgan fingerprint density at radius 1 is 1.26 bits per heavy atom. The Hall–Kier alpha value is -2.92. The number of halogens is 5. The fraction of sp³-hybridized carbons (Fsp3) is 0.409. The summed E-state index contributed by atoms with van der Waals surface area (Å²) in [6, 6.07) is 2.60. The smallest absolute Gasteiger partial charge is 0.367 e. The summed E-state index contributed by atoms with van der Waals surface area (Å²) in [5, 5.41) is 6.04. The van der Waals surface area contributed by atoms with Crippen LogP contribution >= 0.6 is 11.6 Å². The molecule has 7 nitrogen and oxygen atoms in total. The fourth-order valence-electron chi connectivity index (χ4n) is 3.98. The fourth-order valence-corrected chi connectivity index (χ4v) is 4.19. The Balaban J connectivity index is 1.72. The molecule has 1 aliphatic heterocycles. The number of hydrogen-bond acceptors (Lipinski definition) is 5. The van der Waals surface area contributed by atoms with E-state index in [0.717, 1.165) is 18.6 Å². The summed E-state index contributed by atoms with van der Waals surface area (Å²) in [6.07, 6.45) is -1.46. The van der Waals surface area contributed by atoms with E-state index in [4.69, 9.17) is 16.3 Å². The molecule has 4 rings (SSSR count). The molecule has 0 aliphatic carbocycles. The number of benzene rings is 1. The minimum atomic E-state index is -4.75. The number of ether oxygens (including phenoxy) is 1. The summed E-state index contributed by atoms with van der Waals surface area (Å²) in [5.74, 6) is -0.407. The number of rotatable bonds is 7. The van der Waals surface area contributed by atoms with Crippen LogP contribution in [0.2, 0.25) is 5.02 Å². The van der Waals surface area contributed by atoms with Gasteiger partial charge in [-0.3, -0.25) is 4.79 Å². The van der Waals surface area contributed by atoms with Crippen molar-refractivity contribution in [2.45, 2.75) is 45.1 Å². The zero-order valence-electron chi connectivity index (χ0n) is 18.2. The van der Waals surface area contributed by atoms with E-state index < -0.39 is 29.2 Å². The maximum atomic E-state index is 13.8. The van der Waals surface area contributed by atoms with Crippen LogP contribution in [0.1, 0.15) is 48.5 Å². The van der Waals surface area contributed by atoms with Crippen LogP contribution in [-0.4, -0.2) is 32.9 Å². The topological polar surface area (TPSA) is 76.0 Å². The SMILES string of the molecule is CCCCOC(c1ccc(F)cc1C(F)(F)F)c1cnc2n1CCN(c1cn[nH]c(=O)c1Cl)C2. The van der Waals surface area contributed by atoms with Crippen molar-refractivity contribution < 1.29 is 22.3 Å². The van der Waals surface area contributed by atoms with Crippen molar-refractivity contribution in [2.24, 2.45) is 0 Å². The first-order valence-electron chi connectivity index (χ1n) is 10.7. The third-order valence-electron chi connectivity index (χ3n) is 5.67. The number of aromatic nitrogens is 4. The molecule has 34 heavy (non-hydrogen) atoms. The zero-order chi connectivity index (χ0) is 24.5. The van der Waals surface area contributed by atoms with Crippen LogP contribution in [0.5, 0.6) is 0 Å². The highest BCUT2D eigenvalue weighted by Gasteiger charge is 2.38. The minimum Gasteiger partial charge on any atom is -0.367 e. The number of nitrogens with one attached hydrogen (secondary N) is 1. The molecule has 182 valence electrons. The molecule has 3 heterocycles. The second-order valence-electron chi connectivity index (χ2n) is 7.90. The average molecular weight is 500 g/mol. The van der Waals surface area contributed by atoms with Crippen molar-refractivity contribution in [3.8, 4) is 0 Å². The van der Waals surface area contributed by atoms with Crippen molar-refractivity contribution in [1.29, 1.82) is 0 Å². The number of hydrogen-bond donors (Lipinski definition) is 1. The molecule has 12 heteroatoms. The standard InChI is InChI=1S/C22H22ClF4N5O2/c1-2-3-8-34-20(14-5-4-13(24)9-15(14)22(25,26)27)17-10-28-18-12-31(6-7-32(17)18)16-11-29-30-21(33)19(16)23/h4-5,9-11,20H,2-3,6-8,12H2,1H3,(H,30,33). The van der Waals surface area contributed by atoms with E-state index in [1.165, 1.54) is 12.4 Å². The predicted octanol–water partition coefficient (Wildman–Crippen LogP) is 4.70. The quantitative estimate of drug-likeness (QED) is 0.376. The molecular weight excluding hydrogens is 478 g/mol. The van der Waals surface area contributed by atoms with E-state index in [1.807, 2.05) is 11.8 Å². The maximum absolute atomic E-state index is 13.8. The second-order valence-corrected chi connectivity index (χ2v) is 8.28. The Labute approximate surface area is 197 Å². The van der Waals surface area contributed by atoms with Crippen molar-refractivity contribution >= 4 is 17.3 Å². The third-order valence-corrected chi connectivity index (χ3v) is 6.03. The van der Waals surface area contributed by atoms with Gasteiger partial charge in [0.05, 0.1) is 35.9 Å². The van der Waals surface area contributed by atoms with Crippen LogP contribution < -0.4 is 10.5 Å². The van der Waals surface area contributed by atoms with Gasteiger partial charge in [-0.1, -0.05) is 31.0 Å². The Kier molecular flexibility index (Phi) is 6.94. The minimum absolute atomic E-state index is 0.00265. The number of nitrogens with zero attached hydrogens (tertiary/aromatic N) is 4. The Morgan fingerprint density at radius 3 is 2.79 bits per heavy atom. The molecule has 2 aromatic heterocycles. The van der Waals surface area contributed by atoms with Gasteiger partial charge in [0.1, 0.15) is 22.8 Å². The molecule has 1 atom stereocenters. The van der Waals surface area contributed by atoms with Gasteiger partial charge in [-0.25, -0.2) is 14.5 Å². The molecule has 1 N–H and O–H groups in total. The summed E-state index contributed by atoms with van der Waals surface area (Å²) >= 11 is 6.12. The van der Waals surface area contributed by atoms with Crippen LogP contribution in [0.25, 0.3) is 0 Å². The maximum Gasteiger partial charge on any atom is 0.416 e. The molecule has 1 aliphatic rings. The molecule has 1 unspecified atom stereocenters. The first-order chi connectivity index (χ1) is 16.2. The van der Waals surface area contributed by atoms with Crippen molar-refractivity contribution in [2.75, 3.05) is 18.1 Å². The first kappa shape index (κ1) is 24.2. The number of anilines is 1. The lowest BCUT2D eigenvalue weighted by molar-refractivity contribution is -0.139. The monoisotopic (exact) mass is 499 g/mol. The number of unbranched alkanes of at least 4 members (excludes halogenated alkanes) is 1. The van der Waals surface area contributed by atoms with Gasteiger partial charge in [0.2, 0.25) is 0 Å². The molecule has 3 aromatic rings. The summed E-state index contributed by atoms with van der Waals surface area (Å²) in [4.78, 5) is 18.0. The number of imidazole rings is 1. The number of fused-ring (bicyclic) bond motifs is 1. The van der Waals surface area contributed by atoms with Crippen LogP contribution in [-0.2, 0) is 24.0 Å². The van der Waals surface area contributed by atoms with Gasteiger partial charge < -0.3 is 14.2 Å². The van der Waals surface area contributed by atoms with Crippen LogP contribution in [0.15, 0.2) is 35.4 Å². The molecular formula is C22H22ClF4N5O2. The summed E-state index contributed by atoms with van der Waals surface area (Å²) in [6.45, 7) is 3.22. The molecule has 0 saturated carbocycles. The molecule has 0 spiro atoms. The predicted molar refractivity (Wildman–Crippen MR) is 117 cm³/mol. The highest BCUT2D eigenvalue weighted by atomic mass is 35.5. The lowest BCUT2D eigenvalue weighted by Gasteiger charge is -2.31. The highest BCUT2D eigenvalue weighted by molar-refractivity contribution is 6.32. The van der Waals surface area contributed by atoms with Gasteiger partial charge in [-0.05, 0) is 24.1 Å². The van der Waals surface area contributed by atoms with E-state index in [9.17, 15) is 22.4 Å². The van der Waals surface area contributed by atoms with Crippen molar-refractivity contribution in [3.63, 3.8) is 0 Å². The second kappa shape index (κ2) is 9.75. The molecule has 1 aromatic carbocycles. The van der Waals surface area contributed by atoms with Crippen LogP contribution in [0.4, 0.5) is 23.2 Å². The van der Waals surface area contributed by atoms with Gasteiger partial charge in [0.25, 0.3) is 5.56 Å². The van der Waals surface area contributed by atoms with Gasteiger partial charge in [0, 0.05) is 19.7 Å². The number of aromatic amines is 1. The lowest BCUT2D eigenvalue weighted by Crippen LogP contribution is -2.36. The first-order valence-corrected chi connectivity index (χ1v) is 11.1. The Morgan fingerprint density at radius 2 is 2.06 bits per heavy atom. The summed E-state index contributed by atoms with van der Waals surface area (Å²) in [5.41, 5.74) is -0.887. The molecule has 0 bridgehead atoms. The van der Waals surface area contributed by atoms with Gasteiger partial charge >= 0.3 is 6.18 Å². The van der Waals surface area contributed by atoms with E-state index in [2.05, 4.69) is 15.2 Å². The molecule has 0 amide bonds. The Bertz CT molecular complexity index is 1230. The average Bonchev–Trinajstić information content (AvgIpc) is 3.21. The van der Waals surface area contributed by atoms with E-state index in [1.54, 1.807) is 4.57 Å². The van der Waals surface area contributed by atoms with E-state index in [0.29, 0.717) is 42.8 Å². The largest absolute Gasteiger partial charge is 0.416 e. The van der Waals surface area contributed by atoms with Crippen molar-refractivity contribution in [3.05, 3.63) is 74.4 Å². The highest BCUT2D eigenvalue weighted by Crippen LogP contribution is 2.39. The lowest BCUT2D eigenvalue weighted by atomic mass is 9.99. The summed E-state index contributed by atoms with van der Waals surface area (Å²) < 4.78 is 62.8. The van der Waals surface area contributed by atoms with Crippen LogP contribution in [0.3, 0.4) is 0 Å². The zero-order valence-corrected chi connectivity index (χ0v) is 19.0. The van der Waals surface area contributed by atoms with Crippen molar-refractivity contribution in [1.82, 2.24) is 19.7 Å².